The van der Waals surface area contributed by atoms with Crippen molar-refractivity contribution in [3.8, 4) is 5.75 Å². The van der Waals surface area contributed by atoms with E-state index in [1.165, 1.54) is 23.1 Å². The molecule has 0 radical (unpaired) electrons. The number of hydrogen-bond donors (Lipinski definition) is 3. The topological polar surface area (TPSA) is 105 Å². The fourth-order valence-electron chi connectivity index (χ4n) is 1.72. The minimum atomic E-state index is -0.481. The number of nitrogens with zero attached hydrogens (tertiary/aromatic N) is 2. The largest absolute Gasteiger partial charge is 0.497 e. The maximum atomic E-state index is 11.7. The number of amides is 3. The van der Waals surface area contributed by atoms with Crippen molar-refractivity contribution in [1.82, 2.24) is 20.8 Å². The smallest absolute Gasteiger partial charge is 0.321 e. The van der Waals surface area contributed by atoms with Gasteiger partial charge in [0.15, 0.2) is 4.34 Å². The van der Waals surface area contributed by atoms with Crippen molar-refractivity contribution in [3.63, 3.8) is 0 Å². The van der Waals surface area contributed by atoms with Gasteiger partial charge in [-0.1, -0.05) is 36.1 Å². The molecule has 0 fully saturated rings. The number of carbonyl (C=O) groups is 2. The minimum absolute atomic E-state index is 0.0906. The molecule has 25 heavy (non-hydrogen) atoms. The molecule has 1 aromatic carbocycles. The molecule has 2 rings (SSSR count). The molecule has 0 saturated carbocycles. The van der Waals surface area contributed by atoms with Crippen LogP contribution in [0.1, 0.15) is 13.3 Å². The number of anilines is 2. The molecule has 3 amide bonds. The van der Waals surface area contributed by atoms with Gasteiger partial charge in [0.05, 0.1) is 12.9 Å². The van der Waals surface area contributed by atoms with Crippen molar-refractivity contribution < 1.29 is 14.3 Å². The van der Waals surface area contributed by atoms with E-state index in [-0.39, 0.29) is 11.7 Å². The number of aromatic nitrogens is 2. The highest BCUT2D eigenvalue weighted by Crippen LogP contribution is 2.28. The van der Waals surface area contributed by atoms with Gasteiger partial charge >= 0.3 is 6.03 Å². The van der Waals surface area contributed by atoms with Gasteiger partial charge in [-0.3, -0.25) is 10.1 Å². The number of hydrogen-bond acceptors (Lipinski definition) is 8. The fourth-order valence-corrected chi connectivity index (χ4v) is 3.29. The summed E-state index contributed by atoms with van der Waals surface area (Å²) in [4.78, 5) is 23.1. The third-order valence-corrected chi connectivity index (χ3v) is 4.81. The molecule has 2 aromatic rings. The van der Waals surface area contributed by atoms with E-state index in [1.807, 2.05) is 31.2 Å². The average Bonchev–Trinajstić information content (AvgIpc) is 3.05. The molecule has 10 heteroatoms. The van der Waals surface area contributed by atoms with Crippen molar-refractivity contribution in [2.75, 3.05) is 24.7 Å². The third kappa shape index (κ3) is 6.59. The summed E-state index contributed by atoms with van der Waals surface area (Å²) in [5, 5.41) is 16.6. The Morgan fingerprint density at radius 2 is 2.16 bits per heavy atom. The van der Waals surface area contributed by atoms with Gasteiger partial charge in [-0.25, -0.2) is 4.79 Å². The van der Waals surface area contributed by atoms with Crippen LogP contribution in [0.4, 0.5) is 15.6 Å². The van der Waals surface area contributed by atoms with E-state index >= 15 is 0 Å². The fraction of sp³-hybridized carbons (Fsp3) is 0.333. The zero-order chi connectivity index (χ0) is 18.1. The summed E-state index contributed by atoms with van der Waals surface area (Å²) in [7, 11) is 1.60. The number of imide groups is 1. The Morgan fingerprint density at radius 3 is 2.92 bits per heavy atom. The summed E-state index contributed by atoms with van der Waals surface area (Å²) in [5.74, 6) is 0.450. The number of thioether (sulfide) groups is 1. The number of methoxy groups -OCH3 is 1. The van der Waals surface area contributed by atoms with Crippen molar-refractivity contribution in [1.29, 1.82) is 0 Å². The molecule has 0 unspecified atom stereocenters. The van der Waals surface area contributed by atoms with Crippen LogP contribution in [0.3, 0.4) is 0 Å². The van der Waals surface area contributed by atoms with Gasteiger partial charge in [0.25, 0.3) is 0 Å². The summed E-state index contributed by atoms with van der Waals surface area (Å²) in [6.07, 6.45) is 0.810. The zero-order valence-electron chi connectivity index (χ0n) is 13.9. The van der Waals surface area contributed by atoms with Crippen LogP contribution in [0.15, 0.2) is 28.6 Å². The Labute approximate surface area is 153 Å². The van der Waals surface area contributed by atoms with Gasteiger partial charge in [-0.2, -0.15) is 0 Å². The van der Waals surface area contributed by atoms with E-state index in [4.69, 9.17) is 4.74 Å². The Bertz CT molecular complexity index is 723. The first-order chi connectivity index (χ1) is 12.1. The lowest BCUT2D eigenvalue weighted by atomic mass is 10.3. The molecule has 8 nitrogen and oxygen atoms in total. The van der Waals surface area contributed by atoms with E-state index in [9.17, 15) is 9.59 Å². The summed E-state index contributed by atoms with van der Waals surface area (Å²) in [6, 6.07) is 6.97. The normalized spacial score (nSPS) is 10.2. The van der Waals surface area contributed by atoms with Gasteiger partial charge in [-0.05, 0) is 18.6 Å². The van der Waals surface area contributed by atoms with Gasteiger partial charge in [-0.15, -0.1) is 10.2 Å². The Balaban J connectivity index is 1.81. The lowest BCUT2D eigenvalue weighted by Crippen LogP contribution is -2.40. The summed E-state index contributed by atoms with van der Waals surface area (Å²) in [5.41, 5.74) is 0.831. The molecule has 0 bridgehead atoms. The zero-order valence-corrected chi connectivity index (χ0v) is 15.5. The van der Waals surface area contributed by atoms with Crippen LogP contribution in [0.25, 0.3) is 0 Å². The monoisotopic (exact) mass is 381 g/mol. The molecule has 134 valence electrons. The summed E-state index contributed by atoms with van der Waals surface area (Å²) in [6.45, 7) is 2.46. The van der Waals surface area contributed by atoms with E-state index < -0.39 is 6.03 Å². The van der Waals surface area contributed by atoms with Crippen LogP contribution in [-0.2, 0) is 4.79 Å². The quantitative estimate of drug-likeness (QED) is 0.604. The predicted octanol–water partition coefficient (Wildman–Crippen LogP) is 2.62. The Hall–Kier alpha value is -2.33. The molecule has 0 aliphatic rings. The van der Waals surface area contributed by atoms with E-state index in [2.05, 4.69) is 26.1 Å². The van der Waals surface area contributed by atoms with Crippen molar-refractivity contribution in [2.24, 2.45) is 0 Å². The number of nitrogens with one attached hydrogen (secondary N) is 3. The predicted molar refractivity (Wildman–Crippen MR) is 98.7 cm³/mol. The van der Waals surface area contributed by atoms with Gasteiger partial charge in [0.1, 0.15) is 5.75 Å². The Kier molecular flexibility index (Phi) is 7.48. The average molecular weight is 381 g/mol. The van der Waals surface area contributed by atoms with Crippen LogP contribution in [0.2, 0.25) is 0 Å². The number of carbonyl (C=O) groups excluding carboxylic acids is 2. The molecule has 0 saturated heterocycles. The number of ether oxygens (including phenoxy) is 1. The van der Waals surface area contributed by atoms with E-state index in [0.29, 0.717) is 16.0 Å². The standard InChI is InChI=1S/C15H19N5O3S2/c1-3-7-16-13(22)18-12(21)9-24-15-20-19-14(25-15)17-10-5-4-6-11(8-10)23-2/h4-6,8H,3,7,9H2,1-2H3,(H,17,19)(H2,16,18,21,22). The molecule has 3 N–H and O–H groups in total. The molecular formula is C15H19N5O3S2. The Morgan fingerprint density at radius 1 is 1.32 bits per heavy atom. The van der Waals surface area contributed by atoms with Crippen molar-refractivity contribution >= 4 is 45.9 Å². The van der Waals surface area contributed by atoms with Crippen LogP contribution < -0.4 is 20.7 Å². The number of rotatable bonds is 8. The van der Waals surface area contributed by atoms with Crippen LogP contribution in [-0.4, -0.2) is 41.5 Å². The minimum Gasteiger partial charge on any atom is -0.497 e. The first kappa shape index (κ1) is 19.0. The van der Waals surface area contributed by atoms with Crippen LogP contribution in [0, 0.1) is 0 Å². The maximum absolute atomic E-state index is 11.7. The SMILES string of the molecule is CCCNC(=O)NC(=O)CSc1nnc(Nc2cccc(OC)c2)s1. The summed E-state index contributed by atoms with van der Waals surface area (Å²) >= 11 is 2.55. The van der Waals surface area contributed by atoms with Crippen LogP contribution in [0.5, 0.6) is 5.75 Å². The molecule has 0 aliphatic carbocycles. The van der Waals surface area contributed by atoms with Crippen molar-refractivity contribution in [3.05, 3.63) is 24.3 Å². The van der Waals surface area contributed by atoms with E-state index in [0.717, 1.165) is 17.9 Å². The molecule has 0 spiro atoms. The second kappa shape index (κ2) is 9.84. The lowest BCUT2D eigenvalue weighted by molar-refractivity contribution is -0.117. The second-order valence-electron chi connectivity index (χ2n) is 4.82. The molecule has 1 heterocycles. The highest BCUT2D eigenvalue weighted by atomic mass is 32.2. The molecule has 1 aromatic heterocycles. The van der Waals surface area contributed by atoms with Crippen LogP contribution >= 0.6 is 23.1 Å². The second-order valence-corrected chi connectivity index (χ2v) is 7.02. The van der Waals surface area contributed by atoms with Gasteiger partial charge < -0.3 is 15.4 Å². The molecule has 0 atom stereocenters. The number of benzene rings is 1. The third-order valence-electron chi connectivity index (χ3n) is 2.84. The number of urea groups is 1. The molecular weight excluding hydrogens is 362 g/mol. The maximum Gasteiger partial charge on any atom is 0.321 e. The molecule has 0 aliphatic heterocycles. The first-order valence-corrected chi connectivity index (χ1v) is 9.36. The highest BCUT2D eigenvalue weighted by molar-refractivity contribution is 8.01. The lowest BCUT2D eigenvalue weighted by Gasteiger charge is -2.04. The highest BCUT2D eigenvalue weighted by Gasteiger charge is 2.11. The first-order valence-electron chi connectivity index (χ1n) is 7.55. The van der Waals surface area contributed by atoms with Gasteiger partial charge in [0, 0.05) is 18.3 Å². The van der Waals surface area contributed by atoms with Gasteiger partial charge in [0.2, 0.25) is 11.0 Å². The summed E-state index contributed by atoms with van der Waals surface area (Å²) < 4.78 is 5.80. The van der Waals surface area contributed by atoms with Crippen molar-refractivity contribution in [2.45, 2.75) is 17.7 Å². The van der Waals surface area contributed by atoms with E-state index in [1.54, 1.807) is 7.11 Å².